The van der Waals surface area contributed by atoms with E-state index in [1.54, 1.807) is 17.8 Å². The fourth-order valence-electron chi connectivity index (χ4n) is 3.67. The van der Waals surface area contributed by atoms with Crippen LogP contribution < -0.4 is 0 Å². The van der Waals surface area contributed by atoms with Crippen molar-refractivity contribution >= 4 is 33.4 Å². The van der Waals surface area contributed by atoms with Gasteiger partial charge < -0.3 is 4.90 Å². The van der Waals surface area contributed by atoms with Crippen molar-refractivity contribution in [1.82, 2.24) is 4.90 Å². The summed E-state index contributed by atoms with van der Waals surface area (Å²) in [5.74, 6) is 0.170. The summed E-state index contributed by atoms with van der Waals surface area (Å²) >= 11 is 1.79. The van der Waals surface area contributed by atoms with Crippen molar-refractivity contribution in [3.05, 3.63) is 52.2 Å². The van der Waals surface area contributed by atoms with E-state index in [9.17, 15) is 4.39 Å². The first kappa shape index (κ1) is 11.8. The van der Waals surface area contributed by atoms with E-state index in [-0.39, 0.29) is 5.82 Å². The minimum absolute atomic E-state index is 0.132. The maximum Gasteiger partial charge on any atom is 0.168 e. The van der Waals surface area contributed by atoms with E-state index in [1.165, 1.54) is 16.2 Å². The molecule has 104 valence electrons. The standard InChI is InChI=1S/C17H13FN2S/c1-9-10-3-2-4-11-13(18)6-5-12(14(10)11)15-16(9)21-17-19-7-8-20(15)17/h2-6,9H,7-8H2,1H3. The van der Waals surface area contributed by atoms with Gasteiger partial charge in [0.25, 0.3) is 0 Å². The molecule has 0 bridgehead atoms. The lowest BCUT2D eigenvalue weighted by Gasteiger charge is -2.27. The van der Waals surface area contributed by atoms with Gasteiger partial charge in [-0.1, -0.05) is 36.9 Å². The summed E-state index contributed by atoms with van der Waals surface area (Å²) < 4.78 is 14.2. The summed E-state index contributed by atoms with van der Waals surface area (Å²) in [6, 6.07) is 9.51. The number of aliphatic imine (C=N–C) groups is 1. The molecule has 1 atom stereocenters. The van der Waals surface area contributed by atoms with E-state index in [1.807, 2.05) is 18.2 Å². The first-order chi connectivity index (χ1) is 10.3. The predicted molar refractivity (Wildman–Crippen MR) is 85.8 cm³/mol. The predicted octanol–water partition coefficient (Wildman–Crippen LogP) is 4.18. The van der Waals surface area contributed by atoms with E-state index in [0.717, 1.165) is 34.6 Å². The molecular weight excluding hydrogens is 283 g/mol. The lowest BCUT2D eigenvalue weighted by molar-refractivity contribution is 0.635. The zero-order valence-electron chi connectivity index (χ0n) is 11.6. The Morgan fingerprint density at radius 3 is 3.10 bits per heavy atom. The van der Waals surface area contributed by atoms with Crippen molar-refractivity contribution in [1.29, 1.82) is 0 Å². The summed E-state index contributed by atoms with van der Waals surface area (Å²) in [4.78, 5) is 8.26. The van der Waals surface area contributed by atoms with Crippen LogP contribution in [0.5, 0.6) is 0 Å². The molecular formula is C17H13FN2S. The van der Waals surface area contributed by atoms with Gasteiger partial charge in [-0.05, 0) is 23.1 Å². The molecule has 1 aliphatic carbocycles. The average molecular weight is 296 g/mol. The highest BCUT2D eigenvalue weighted by atomic mass is 32.2. The van der Waals surface area contributed by atoms with Crippen molar-refractivity contribution < 1.29 is 4.39 Å². The quantitative estimate of drug-likeness (QED) is 0.724. The number of hydrogen-bond acceptors (Lipinski definition) is 3. The summed E-state index contributed by atoms with van der Waals surface area (Å²) in [5.41, 5.74) is 3.65. The second-order valence-corrected chi connectivity index (χ2v) is 6.73. The number of amidine groups is 1. The van der Waals surface area contributed by atoms with Crippen molar-refractivity contribution in [2.75, 3.05) is 13.1 Å². The summed E-state index contributed by atoms with van der Waals surface area (Å²) in [5, 5.41) is 2.92. The zero-order chi connectivity index (χ0) is 14.1. The highest BCUT2D eigenvalue weighted by Crippen LogP contribution is 2.53. The first-order valence-corrected chi connectivity index (χ1v) is 8.03. The Labute approximate surface area is 126 Å². The summed E-state index contributed by atoms with van der Waals surface area (Å²) in [6.45, 7) is 4.02. The lowest BCUT2D eigenvalue weighted by Crippen LogP contribution is -2.21. The van der Waals surface area contributed by atoms with Crippen molar-refractivity contribution in [2.24, 2.45) is 4.99 Å². The molecule has 0 spiro atoms. The van der Waals surface area contributed by atoms with Gasteiger partial charge >= 0.3 is 0 Å². The van der Waals surface area contributed by atoms with Crippen LogP contribution in [0.4, 0.5) is 4.39 Å². The van der Waals surface area contributed by atoms with Crippen molar-refractivity contribution in [2.45, 2.75) is 12.8 Å². The van der Waals surface area contributed by atoms with Crippen LogP contribution in [0.1, 0.15) is 24.0 Å². The van der Waals surface area contributed by atoms with Gasteiger partial charge in [-0.2, -0.15) is 0 Å². The van der Waals surface area contributed by atoms with Crippen molar-refractivity contribution in [3.8, 4) is 0 Å². The number of rotatable bonds is 0. The molecule has 2 heterocycles. The highest BCUT2D eigenvalue weighted by Gasteiger charge is 2.39. The molecule has 3 aliphatic rings. The maximum atomic E-state index is 14.2. The van der Waals surface area contributed by atoms with Crippen LogP contribution in [0.15, 0.2) is 40.2 Å². The molecule has 0 amide bonds. The van der Waals surface area contributed by atoms with Crippen LogP contribution in [0, 0.1) is 5.82 Å². The largest absolute Gasteiger partial charge is 0.318 e. The molecule has 0 N–H and O–H groups in total. The minimum Gasteiger partial charge on any atom is -0.318 e. The zero-order valence-corrected chi connectivity index (χ0v) is 12.4. The van der Waals surface area contributed by atoms with Crippen LogP contribution in [0.25, 0.3) is 16.5 Å². The summed E-state index contributed by atoms with van der Waals surface area (Å²) in [6.07, 6.45) is 0. The third-order valence-corrected chi connectivity index (χ3v) is 5.94. The number of nitrogens with zero attached hydrogens (tertiary/aromatic N) is 2. The third-order valence-electron chi connectivity index (χ3n) is 4.64. The van der Waals surface area contributed by atoms with E-state index in [2.05, 4.69) is 22.9 Å². The average Bonchev–Trinajstić information content (AvgIpc) is 3.07. The van der Waals surface area contributed by atoms with Gasteiger partial charge in [0.2, 0.25) is 0 Å². The minimum atomic E-state index is -0.132. The molecule has 0 fully saturated rings. The molecule has 0 saturated heterocycles. The molecule has 2 aromatic rings. The SMILES string of the molecule is CC1C2=C(c3ccc(F)c4cccc1c34)N1CCN=C1S2. The first-order valence-electron chi connectivity index (χ1n) is 7.21. The van der Waals surface area contributed by atoms with Gasteiger partial charge in [-0.25, -0.2) is 4.39 Å². The van der Waals surface area contributed by atoms with E-state index in [4.69, 9.17) is 0 Å². The Morgan fingerprint density at radius 2 is 2.19 bits per heavy atom. The molecule has 0 saturated carbocycles. The number of benzene rings is 2. The molecule has 4 heteroatoms. The molecule has 2 aliphatic heterocycles. The van der Waals surface area contributed by atoms with Gasteiger partial charge in [0, 0.05) is 28.3 Å². The van der Waals surface area contributed by atoms with Crippen LogP contribution in [0.2, 0.25) is 0 Å². The van der Waals surface area contributed by atoms with Crippen molar-refractivity contribution in [3.63, 3.8) is 0 Å². The van der Waals surface area contributed by atoms with Crippen LogP contribution >= 0.6 is 11.8 Å². The van der Waals surface area contributed by atoms with Gasteiger partial charge in [0.1, 0.15) is 5.82 Å². The van der Waals surface area contributed by atoms with Gasteiger partial charge in [0.05, 0.1) is 12.2 Å². The lowest BCUT2D eigenvalue weighted by atomic mass is 9.84. The Bertz CT molecular complexity index is 868. The van der Waals surface area contributed by atoms with E-state index < -0.39 is 0 Å². The molecule has 21 heavy (non-hydrogen) atoms. The van der Waals surface area contributed by atoms with Gasteiger partial charge in [0.15, 0.2) is 5.17 Å². The second-order valence-electron chi connectivity index (χ2n) is 5.72. The normalized spacial score (nSPS) is 22.7. The number of fused-ring (bicyclic) bond motifs is 3. The molecule has 2 nitrogen and oxygen atoms in total. The Balaban J connectivity index is 1.89. The molecule has 1 unspecified atom stereocenters. The monoisotopic (exact) mass is 296 g/mol. The smallest absolute Gasteiger partial charge is 0.168 e. The molecule has 5 rings (SSSR count). The van der Waals surface area contributed by atoms with Crippen LogP contribution in [-0.4, -0.2) is 23.2 Å². The van der Waals surface area contributed by atoms with Gasteiger partial charge in [-0.15, -0.1) is 0 Å². The summed E-state index contributed by atoms with van der Waals surface area (Å²) in [7, 11) is 0. The highest BCUT2D eigenvalue weighted by molar-refractivity contribution is 8.17. The molecule has 2 aromatic carbocycles. The number of hydrogen-bond donors (Lipinski definition) is 0. The number of halogens is 1. The Morgan fingerprint density at radius 1 is 1.29 bits per heavy atom. The van der Waals surface area contributed by atoms with E-state index >= 15 is 0 Å². The van der Waals surface area contributed by atoms with Gasteiger partial charge in [-0.3, -0.25) is 4.99 Å². The van der Waals surface area contributed by atoms with E-state index in [0.29, 0.717) is 5.92 Å². The Hall–Kier alpha value is -1.81. The second kappa shape index (κ2) is 3.89. The van der Waals surface area contributed by atoms with Crippen LogP contribution in [0.3, 0.4) is 0 Å². The number of thioether (sulfide) groups is 1. The third kappa shape index (κ3) is 1.36. The number of allylic oxidation sites excluding steroid dienone is 1. The Kier molecular flexibility index (Phi) is 2.19. The maximum absolute atomic E-state index is 14.2. The fourth-order valence-corrected chi connectivity index (χ4v) is 4.94. The fraction of sp³-hybridized carbons (Fsp3) is 0.235. The van der Waals surface area contributed by atoms with Crippen LogP contribution in [-0.2, 0) is 0 Å². The molecule has 0 radical (unpaired) electrons. The molecule has 0 aromatic heterocycles. The topological polar surface area (TPSA) is 15.6 Å².